The first-order valence-corrected chi connectivity index (χ1v) is 6.98. The van der Waals surface area contributed by atoms with Gasteiger partial charge in [0.25, 0.3) is 0 Å². The average molecular weight is 335 g/mol. The number of fused-ring (bicyclic) bond motifs is 1. The number of nitrogens with one attached hydrogen (secondary N) is 1. The van der Waals surface area contributed by atoms with Gasteiger partial charge in [0, 0.05) is 19.5 Å². The minimum absolute atomic E-state index is 0.233. The molecule has 3 N–H and O–H groups in total. The van der Waals surface area contributed by atoms with Gasteiger partial charge in [0.2, 0.25) is 0 Å². The molecule has 1 atom stereocenters. The number of rotatable bonds is 3. The molecule has 3 rings (SSSR count). The molecule has 0 saturated carbocycles. The predicted molar refractivity (Wildman–Crippen MR) is 80.8 cm³/mol. The zero-order chi connectivity index (χ0) is 14.3. The molecule has 0 bridgehead atoms. The zero-order valence-corrected chi connectivity index (χ0v) is 12.8. The largest absolute Gasteiger partial charge is 0.270 e. The molecule has 0 aliphatic carbocycles. The van der Waals surface area contributed by atoms with Crippen molar-refractivity contribution < 1.29 is 0 Å². The number of halogens is 1. The van der Waals surface area contributed by atoms with E-state index in [9.17, 15) is 0 Å². The summed E-state index contributed by atoms with van der Waals surface area (Å²) in [5.74, 6) is 5.77. The maximum absolute atomic E-state index is 5.77. The third-order valence-electron chi connectivity index (χ3n) is 3.44. The van der Waals surface area contributed by atoms with E-state index in [-0.39, 0.29) is 6.04 Å². The van der Waals surface area contributed by atoms with Crippen molar-refractivity contribution in [3.63, 3.8) is 0 Å². The molecule has 20 heavy (non-hydrogen) atoms. The number of hydrazine groups is 1. The van der Waals surface area contributed by atoms with Crippen LogP contribution in [0.3, 0.4) is 0 Å². The van der Waals surface area contributed by atoms with E-state index in [1.807, 2.05) is 43.0 Å². The maximum Gasteiger partial charge on any atom is 0.108 e. The maximum atomic E-state index is 5.77. The quantitative estimate of drug-likeness (QED) is 0.564. The minimum atomic E-state index is -0.233. The lowest BCUT2D eigenvalue weighted by Gasteiger charge is -2.15. The molecule has 0 aliphatic heterocycles. The van der Waals surface area contributed by atoms with Crippen LogP contribution in [0.4, 0.5) is 0 Å². The summed E-state index contributed by atoms with van der Waals surface area (Å²) in [6.45, 7) is 0. The highest BCUT2D eigenvalue weighted by Gasteiger charge is 2.24. The molecule has 0 amide bonds. The van der Waals surface area contributed by atoms with Crippen molar-refractivity contribution in [2.45, 2.75) is 6.04 Å². The van der Waals surface area contributed by atoms with Gasteiger partial charge in [-0.05, 0) is 22.0 Å². The summed E-state index contributed by atoms with van der Waals surface area (Å²) in [6.07, 6.45) is 1.75. The number of hydrogen-bond donors (Lipinski definition) is 2. The first-order chi connectivity index (χ1) is 9.63. The molecule has 1 aromatic carbocycles. The van der Waals surface area contributed by atoms with E-state index >= 15 is 0 Å². The van der Waals surface area contributed by atoms with Crippen LogP contribution in [0.25, 0.3) is 10.9 Å². The van der Waals surface area contributed by atoms with Gasteiger partial charge < -0.3 is 0 Å². The predicted octanol–water partition coefficient (Wildman–Crippen LogP) is 1.62. The molecule has 0 radical (unpaired) electrons. The lowest BCUT2D eigenvalue weighted by Crippen LogP contribution is -2.31. The third-order valence-corrected chi connectivity index (χ3v) is 4.05. The number of nitrogens with two attached hydrogens (primary N) is 1. The van der Waals surface area contributed by atoms with Crippen molar-refractivity contribution in [1.29, 1.82) is 0 Å². The van der Waals surface area contributed by atoms with E-state index in [2.05, 4.69) is 31.6 Å². The summed E-state index contributed by atoms with van der Waals surface area (Å²) in [5, 5.41) is 9.92. The number of para-hydroxylation sites is 1. The van der Waals surface area contributed by atoms with Gasteiger partial charge in [-0.1, -0.05) is 18.2 Å². The van der Waals surface area contributed by atoms with E-state index in [0.29, 0.717) is 0 Å². The molecule has 0 fully saturated rings. The van der Waals surface area contributed by atoms with Crippen LogP contribution in [-0.4, -0.2) is 19.6 Å². The Balaban J connectivity index is 2.23. The van der Waals surface area contributed by atoms with Crippen LogP contribution in [0.5, 0.6) is 0 Å². The Morgan fingerprint density at radius 2 is 2.00 bits per heavy atom. The number of aromatic nitrogens is 4. The second kappa shape index (κ2) is 5.01. The van der Waals surface area contributed by atoms with Crippen LogP contribution in [0.2, 0.25) is 0 Å². The van der Waals surface area contributed by atoms with E-state index < -0.39 is 0 Å². The topological polar surface area (TPSA) is 73.7 Å². The molecular formula is C13H15BrN6. The van der Waals surface area contributed by atoms with Crippen molar-refractivity contribution in [2.75, 3.05) is 0 Å². The molecule has 7 heteroatoms. The van der Waals surface area contributed by atoms with Crippen LogP contribution in [0.15, 0.2) is 34.9 Å². The number of hydrogen-bond acceptors (Lipinski definition) is 4. The Morgan fingerprint density at radius 3 is 2.65 bits per heavy atom. The Kier molecular flexibility index (Phi) is 3.33. The first kappa shape index (κ1) is 13.3. The molecular weight excluding hydrogens is 320 g/mol. The highest BCUT2D eigenvalue weighted by Crippen LogP contribution is 2.31. The van der Waals surface area contributed by atoms with Crippen molar-refractivity contribution >= 4 is 26.8 Å². The summed E-state index contributed by atoms with van der Waals surface area (Å²) in [4.78, 5) is 0. The van der Waals surface area contributed by atoms with Gasteiger partial charge in [-0.2, -0.15) is 10.2 Å². The number of aryl methyl sites for hydroxylation is 2. The summed E-state index contributed by atoms with van der Waals surface area (Å²) in [5.41, 5.74) is 5.74. The number of benzene rings is 1. The van der Waals surface area contributed by atoms with Crippen LogP contribution in [0, 0.1) is 0 Å². The zero-order valence-electron chi connectivity index (χ0n) is 11.2. The van der Waals surface area contributed by atoms with E-state index in [0.717, 1.165) is 26.8 Å². The lowest BCUT2D eigenvalue weighted by atomic mass is 10.1. The summed E-state index contributed by atoms with van der Waals surface area (Å²) >= 11 is 3.51. The average Bonchev–Trinajstić information content (AvgIpc) is 2.95. The summed E-state index contributed by atoms with van der Waals surface area (Å²) in [6, 6.07) is 7.85. The first-order valence-electron chi connectivity index (χ1n) is 6.18. The van der Waals surface area contributed by atoms with Crippen molar-refractivity contribution in [3.8, 4) is 0 Å². The fourth-order valence-corrected chi connectivity index (χ4v) is 3.06. The van der Waals surface area contributed by atoms with E-state index in [1.54, 1.807) is 10.9 Å². The van der Waals surface area contributed by atoms with Crippen LogP contribution in [-0.2, 0) is 14.1 Å². The van der Waals surface area contributed by atoms with Gasteiger partial charge in [0.15, 0.2) is 0 Å². The fourth-order valence-electron chi connectivity index (χ4n) is 2.49. The molecule has 2 heterocycles. The standard InChI is InChI=1S/C13H15BrN6/c1-19-10-6-4-3-5-8(10)11(18-19)12(17-15)13-9(14)7-16-20(13)2/h3-7,12,17H,15H2,1-2H3. The van der Waals surface area contributed by atoms with Crippen molar-refractivity contribution in [3.05, 3.63) is 46.3 Å². The molecule has 0 saturated heterocycles. The lowest BCUT2D eigenvalue weighted by molar-refractivity contribution is 0.556. The fraction of sp³-hybridized carbons (Fsp3) is 0.231. The van der Waals surface area contributed by atoms with Gasteiger partial charge in [0.1, 0.15) is 6.04 Å². The van der Waals surface area contributed by atoms with Gasteiger partial charge >= 0.3 is 0 Å². The Morgan fingerprint density at radius 1 is 1.25 bits per heavy atom. The Labute approximate surface area is 124 Å². The monoisotopic (exact) mass is 334 g/mol. The second-order valence-corrected chi connectivity index (χ2v) is 5.48. The molecule has 0 spiro atoms. The van der Waals surface area contributed by atoms with Crippen LogP contribution < -0.4 is 11.3 Å². The van der Waals surface area contributed by atoms with Gasteiger partial charge in [-0.25, -0.2) is 5.43 Å². The van der Waals surface area contributed by atoms with Crippen molar-refractivity contribution in [1.82, 2.24) is 25.0 Å². The van der Waals surface area contributed by atoms with E-state index in [4.69, 9.17) is 5.84 Å². The number of nitrogens with zero attached hydrogens (tertiary/aromatic N) is 4. The smallest absolute Gasteiger partial charge is 0.108 e. The third kappa shape index (κ3) is 1.94. The summed E-state index contributed by atoms with van der Waals surface area (Å²) in [7, 11) is 3.81. The van der Waals surface area contributed by atoms with Gasteiger partial charge in [-0.3, -0.25) is 15.2 Å². The van der Waals surface area contributed by atoms with E-state index in [1.165, 1.54) is 0 Å². The summed E-state index contributed by atoms with van der Waals surface area (Å²) < 4.78 is 4.55. The molecule has 0 aliphatic rings. The normalized spacial score (nSPS) is 13.0. The molecule has 2 aromatic heterocycles. The minimum Gasteiger partial charge on any atom is -0.270 e. The van der Waals surface area contributed by atoms with Gasteiger partial charge in [-0.15, -0.1) is 0 Å². The molecule has 3 aromatic rings. The van der Waals surface area contributed by atoms with Crippen LogP contribution in [0.1, 0.15) is 17.4 Å². The molecule has 104 valence electrons. The van der Waals surface area contributed by atoms with Gasteiger partial charge in [0.05, 0.1) is 27.6 Å². The Bertz CT molecular complexity index is 740. The highest BCUT2D eigenvalue weighted by molar-refractivity contribution is 9.10. The SMILES string of the molecule is Cn1ncc(Br)c1C(NN)c1nn(C)c2ccccc12. The second-order valence-electron chi connectivity index (χ2n) is 4.63. The highest BCUT2D eigenvalue weighted by atomic mass is 79.9. The Hall–Kier alpha value is -1.70. The van der Waals surface area contributed by atoms with Crippen molar-refractivity contribution in [2.24, 2.45) is 19.9 Å². The molecule has 6 nitrogen and oxygen atoms in total. The van der Waals surface area contributed by atoms with Crippen LogP contribution >= 0.6 is 15.9 Å². The molecule has 1 unspecified atom stereocenters.